The Kier molecular flexibility index (Phi) is 6.36. The molecule has 0 radical (unpaired) electrons. The number of benzene rings is 2. The lowest BCUT2D eigenvalue weighted by Gasteiger charge is -2.06. The SMILES string of the molecule is NS(=O)(=O)c1ccc(CNC(=O)CSCc2ccc(F)cc2)cc1. The second kappa shape index (κ2) is 8.27. The molecular formula is C16H17FN2O3S2. The predicted molar refractivity (Wildman–Crippen MR) is 92.2 cm³/mol. The summed E-state index contributed by atoms with van der Waals surface area (Å²) >= 11 is 1.43. The van der Waals surface area contributed by atoms with E-state index < -0.39 is 10.0 Å². The van der Waals surface area contributed by atoms with E-state index in [2.05, 4.69) is 5.32 Å². The van der Waals surface area contributed by atoms with Gasteiger partial charge in [-0.15, -0.1) is 11.8 Å². The zero-order valence-electron chi connectivity index (χ0n) is 12.7. The van der Waals surface area contributed by atoms with E-state index >= 15 is 0 Å². The molecule has 3 N–H and O–H groups in total. The molecule has 2 aromatic carbocycles. The Morgan fingerprint density at radius 3 is 2.21 bits per heavy atom. The maximum atomic E-state index is 12.8. The van der Waals surface area contributed by atoms with E-state index in [1.807, 2.05) is 0 Å². The van der Waals surface area contributed by atoms with Gasteiger partial charge in [-0.25, -0.2) is 17.9 Å². The Hall–Kier alpha value is -1.90. The molecule has 5 nitrogen and oxygen atoms in total. The lowest BCUT2D eigenvalue weighted by atomic mass is 10.2. The van der Waals surface area contributed by atoms with Crippen LogP contribution in [0.5, 0.6) is 0 Å². The minimum Gasteiger partial charge on any atom is -0.351 e. The molecule has 0 saturated heterocycles. The van der Waals surface area contributed by atoms with E-state index in [1.165, 1.54) is 36.0 Å². The molecule has 0 saturated carbocycles. The molecule has 0 aliphatic carbocycles. The van der Waals surface area contributed by atoms with Crippen molar-refractivity contribution in [2.75, 3.05) is 5.75 Å². The second-order valence-electron chi connectivity index (χ2n) is 5.08. The number of primary sulfonamides is 1. The third-order valence-electron chi connectivity index (χ3n) is 3.16. The number of thioether (sulfide) groups is 1. The lowest BCUT2D eigenvalue weighted by molar-refractivity contribution is -0.118. The largest absolute Gasteiger partial charge is 0.351 e. The zero-order chi connectivity index (χ0) is 17.6. The Balaban J connectivity index is 1.74. The van der Waals surface area contributed by atoms with Gasteiger partial charge in [0.05, 0.1) is 10.6 Å². The summed E-state index contributed by atoms with van der Waals surface area (Å²) in [6.45, 7) is 0.306. The molecule has 0 unspecified atom stereocenters. The van der Waals surface area contributed by atoms with Crippen molar-refractivity contribution in [2.45, 2.75) is 17.2 Å². The molecule has 0 atom stereocenters. The molecule has 0 bridgehead atoms. The summed E-state index contributed by atoms with van der Waals surface area (Å²) in [5.74, 6) is 0.497. The number of rotatable bonds is 7. The van der Waals surface area contributed by atoms with E-state index in [9.17, 15) is 17.6 Å². The minimum atomic E-state index is -3.71. The number of amides is 1. The predicted octanol–water partition coefficient (Wildman–Crippen LogP) is 2.02. The Morgan fingerprint density at radius 2 is 1.62 bits per heavy atom. The van der Waals surface area contributed by atoms with E-state index in [1.54, 1.807) is 24.3 Å². The molecule has 128 valence electrons. The normalized spacial score (nSPS) is 11.2. The van der Waals surface area contributed by atoms with Crippen LogP contribution in [0, 0.1) is 5.82 Å². The summed E-state index contributed by atoms with van der Waals surface area (Å²) in [6.07, 6.45) is 0. The summed E-state index contributed by atoms with van der Waals surface area (Å²) in [5.41, 5.74) is 1.73. The first-order valence-corrected chi connectivity index (χ1v) is 9.75. The van der Waals surface area contributed by atoms with Crippen LogP contribution in [0.3, 0.4) is 0 Å². The molecule has 8 heteroatoms. The summed E-state index contributed by atoms with van der Waals surface area (Å²) in [5, 5.41) is 7.77. The van der Waals surface area contributed by atoms with Crippen LogP contribution >= 0.6 is 11.8 Å². The van der Waals surface area contributed by atoms with Crippen molar-refractivity contribution < 1.29 is 17.6 Å². The summed E-state index contributed by atoms with van der Waals surface area (Å²) in [4.78, 5) is 11.8. The van der Waals surface area contributed by atoms with Crippen LogP contribution in [0.4, 0.5) is 4.39 Å². The van der Waals surface area contributed by atoms with Gasteiger partial charge < -0.3 is 5.32 Å². The van der Waals surface area contributed by atoms with Gasteiger partial charge in [0.15, 0.2) is 0 Å². The van der Waals surface area contributed by atoms with Gasteiger partial charge in [0.1, 0.15) is 5.82 Å². The molecule has 0 fully saturated rings. The highest BCUT2D eigenvalue weighted by Crippen LogP contribution is 2.13. The fourth-order valence-electron chi connectivity index (χ4n) is 1.89. The molecule has 0 aliphatic heterocycles. The first-order chi connectivity index (χ1) is 11.3. The van der Waals surface area contributed by atoms with Crippen LogP contribution in [0.2, 0.25) is 0 Å². The number of hydrogen-bond donors (Lipinski definition) is 2. The van der Waals surface area contributed by atoms with E-state index in [-0.39, 0.29) is 22.4 Å². The van der Waals surface area contributed by atoms with Gasteiger partial charge in [-0.3, -0.25) is 4.79 Å². The number of carbonyl (C=O) groups is 1. The minimum absolute atomic E-state index is 0.0347. The van der Waals surface area contributed by atoms with Crippen LogP contribution in [0.15, 0.2) is 53.4 Å². The fourth-order valence-corrected chi connectivity index (χ4v) is 3.22. The van der Waals surface area contributed by atoms with Gasteiger partial charge in [0.2, 0.25) is 15.9 Å². The number of halogens is 1. The van der Waals surface area contributed by atoms with Crippen molar-refractivity contribution in [1.82, 2.24) is 5.32 Å². The molecule has 0 aromatic heterocycles. The summed E-state index contributed by atoms with van der Waals surface area (Å²) in [6, 6.07) is 12.2. The topological polar surface area (TPSA) is 89.3 Å². The summed E-state index contributed by atoms with van der Waals surface area (Å²) in [7, 11) is -3.71. The van der Waals surface area contributed by atoms with Crippen LogP contribution in [0.25, 0.3) is 0 Å². The average Bonchev–Trinajstić information content (AvgIpc) is 2.54. The molecule has 0 spiro atoms. The molecular weight excluding hydrogens is 351 g/mol. The second-order valence-corrected chi connectivity index (χ2v) is 7.63. The van der Waals surface area contributed by atoms with E-state index in [0.717, 1.165) is 11.1 Å². The molecule has 1 amide bonds. The van der Waals surface area contributed by atoms with Crippen molar-refractivity contribution in [2.24, 2.45) is 5.14 Å². The van der Waals surface area contributed by atoms with Crippen molar-refractivity contribution >= 4 is 27.7 Å². The van der Waals surface area contributed by atoms with Gasteiger partial charge >= 0.3 is 0 Å². The van der Waals surface area contributed by atoms with Crippen molar-refractivity contribution in [1.29, 1.82) is 0 Å². The van der Waals surface area contributed by atoms with Gasteiger partial charge in [0, 0.05) is 12.3 Å². The number of nitrogens with two attached hydrogens (primary N) is 1. The third-order valence-corrected chi connectivity index (χ3v) is 5.09. The highest BCUT2D eigenvalue weighted by atomic mass is 32.2. The lowest BCUT2D eigenvalue weighted by Crippen LogP contribution is -2.24. The number of hydrogen-bond acceptors (Lipinski definition) is 4. The maximum absolute atomic E-state index is 12.8. The first-order valence-electron chi connectivity index (χ1n) is 7.05. The van der Waals surface area contributed by atoms with Crippen LogP contribution in [0.1, 0.15) is 11.1 Å². The van der Waals surface area contributed by atoms with Crippen LogP contribution in [-0.4, -0.2) is 20.1 Å². The Morgan fingerprint density at radius 1 is 1.04 bits per heavy atom. The highest BCUT2D eigenvalue weighted by molar-refractivity contribution is 7.99. The molecule has 2 aromatic rings. The van der Waals surface area contributed by atoms with Gasteiger partial charge in [-0.1, -0.05) is 24.3 Å². The van der Waals surface area contributed by atoms with Gasteiger partial charge in [-0.05, 0) is 35.4 Å². The van der Waals surface area contributed by atoms with Gasteiger partial charge in [-0.2, -0.15) is 0 Å². The third kappa shape index (κ3) is 5.95. The van der Waals surface area contributed by atoms with Gasteiger partial charge in [0.25, 0.3) is 0 Å². The van der Waals surface area contributed by atoms with Crippen molar-refractivity contribution in [3.05, 3.63) is 65.5 Å². The Labute approximate surface area is 144 Å². The van der Waals surface area contributed by atoms with Crippen LogP contribution < -0.4 is 10.5 Å². The van der Waals surface area contributed by atoms with Crippen LogP contribution in [-0.2, 0) is 27.1 Å². The first kappa shape index (κ1) is 18.4. The smallest absolute Gasteiger partial charge is 0.238 e. The number of sulfonamides is 1. The Bertz CT molecular complexity index is 791. The average molecular weight is 368 g/mol. The number of nitrogens with one attached hydrogen (secondary N) is 1. The molecule has 0 heterocycles. The monoisotopic (exact) mass is 368 g/mol. The van der Waals surface area contributed by atoms with Crippen molar-refractivity contribution in [3.8, 4) is 0 Å². The molecule has 24 heavy (non-hydrogen) atoms. The number of carbonyl (C=O) groups excluding carboxylic acids is 1. The molecule has 0 aliphatic rings. The fraction of sp³-hybridized carbons (Fsp3) is 0.188. The van der Waals surface area contributed by atoms with E-state index in [4.69, 9.17) is 5.14 Å². The van der Waals surface area contributed by atoms with E-state index in [0.29, 0.717) is 12.3 Å². The highest BCUT2D eigenvalue weighted by Gasteiger charge is 2.07. The zero-order valence-corrected chi connectivity index (χ0v) is 14.4. The standard InChI is InChI=1S/C16H17FN2O3S2/c17-14-5-1-13(2-6-14)10-23-11-16(20)19-9-12-3-7-15(8-4-12)24(18,21)22/h1-8H,9-11H2,(H,19,20)(H2,18,21,22). The quantitative estimate of drug-likeness (QED) is 0.782. The molecule has 2 rings (SSSR count). The summed E-state index contributed by atoms with van der Waals surface area (Å²) < 4.78 is 35.1. The maximum Gasteiger partial charge on any atom is 0.238 e. The van der Waals surface area contributed by atoms with Crippen molar-refractivity contribution in [3.63, 3.8) is 0 Å².